The van der Waals surface area contributed by atoms with Crippen LogP contribution in [0.3, 0.4) is 0 Å². The summed E-state index contributed by atoms with van der Waals surface area (Å²) in [4.78, 5) is 28.2. The number of amides is 3. The van der Waals surface area contributed by atoms with Crippen LogP contribution in [0.4, 0.5) is 4.79 Å². The molecule has 1 aliphatic heterocycles. The number of hydrogen-bond acceptors (Lipinski definition) is 2. The maximum Gasteiger partial charge on any atom is 0.317 e. The summed E-state index contributed by atoms with van der Waals surface area (Å²) < 4.78 is 0. The van der Waals surface area contributed by atoms with Gasteiger partial charge in [-0.2, -0.15) is 0 Å². The number of hydrogen-bond donors (Lipinski definition) is 1. The lowest BCUT2D eigenvalue weighted by Crippen LogP contribution is -2.53. The van der Waals surface area contributed by atoms with Crippen LogP contribution in [0.1, 0.15) is 35.6 Å². The van der Waals surface area contributed by atoms with Crippen molar-refractivity contribution >= 4 is 11.9 Å². The van der Waals surface area contributed by atoms with Crippen molar-refractivity contribution in [2.75, 3.05) is 32.7 Å². The van der Waals surface area contributed by atoms with Crippen molar-refractivity contribution in [3.63, 3.8) is 0 Å². The summed E-state index contributed by atoms with van der Waals surface area (Å²) in [7, 11) is 0. The molecule has 1 N–H and O–H groups in total. The Balaban J connectivity index is 1.89. The number of carbonyl (C=O) groups excluding carboxylic acids is 2. The molecular weight excluding hydrogens is 302 g/mol. The molecule has 132 valence electrons. The van der Waals surface area contributed by atoms with Crippen LogP contribution < -0.4 is 5.32 Å². The van der Waals surface area contributed by atoms with Gasteiger partial charge in [0.15, 0.2) is 0 Å². The molecule has 3 amide bonds. The predicted molar refractivity (Wildman–Crippen MR) is 96.2 cm³/mol. The van der Waals surface area contributed by atoms with Crippen molar-refractivity contribution in [2.24, 2.45) is 0 Å². The van der Waals surface area contributed by atoms with E-state index in [-0.39, 0.29) is 11.9 Å². The second kappa shape index (κ2) is 8.18. The molecule has 1 heterocycles. The van der Waals surface area contributed by atoms with Gasteiger partial charge in [-0.05, 0) is 49.4 Å². The van der Waals surface area contributed by atoms with Crippen LogP contribution in [0.15, 0.2) is 12.1 Å². The number of benzene rings is 1. The molecule has 0 atom stereocenters. The molecular formula is C19H29N3O2. The fraction of sp³-hybridized carbons (Fsp3) is 0.579. The summed E-state index contributed by atoms with van der Waals surface area (Å²) in [5, 5.41) is 2.89. The molecule has 1 saturated heterocycles. The number of nitrogens with zero attached hydrogens (tertiary/aromatic N) is 2. The van der Waals surface area contributed by atoms with Gasteiger partial charge < -0.3 is 15.1 Å². The maximum atomic E-state index is 12.6. The molecule has 0 saturated carbocycles. The number of carbonyl (C=O) groups is 2. The van der Waals surface area contributed by atoms with E-state index in [4.69, 9.17) is 0 Å². The zero-order valence-corrected chi connectivity index (χ0v) is 15.3. The van der Waals surface area contributed by atoms with Crippen molar-refractivity contribution in [1.82, 2.24) is 15.1 Å². The average Bonchev–Trinajstić information content (AvgIpc) is 2.57. The molecule has 1 aromatic carbocycles. The smallest absolute Gasteiger partial charge is 0.317 e. The van der Waals surface area contributed by atoms with Gasteiger partial charge in [-0.25, -0.2) is 4.79 Å². The summed E-state index contributed by atoms with van der Waals surface area (Å²) in [6.07, 6.45) is 1.37. The van der Waals surface area contributed by atoms with Crippen molar-refractivity contribution in [3.05, 3.63) is 34.4 Å². The van der Waals surface area contributed by atoms with Crippen LogP contribution in [-0.4, -0.2) is 54.5 Å². The highest BCUT2D eigenvalue weighted by Crippen LogP contribution is 2.17. The van der Waals surface area contributed by atoms with Crippen LogP contribution in [0.25, 0.3) is 0 Å². The minimum absolute atomic E-state index is 0.0195. The van der Waals surface area contributed by atoms with E-state index in [0.717, 1.165) is 12.0 Å². The van der Waals surface area contributed by atoms with Gasteiger partial charge in [-0.3, -0.25) is 4.79 Å². The van der Waals surface area contributed by atoms with E-state index in [2.05, 4.69) is 38.2 Å². The van der Waals surface area contributed by atoms with Crippen molar-refractivity contribution in [2.45, 2.75) is 40.5 Å². The normalized spacial score (nSPS) is 14.7. The van der Waals surface area contributed by atoms with E-state index < -0.39 is 0 Å². The molecule has 0 radical (unpaired) electrons. The van der Waals surface area contributed by atoms with Crippen LogP contribution in [0, 0.1) is 20.8 Å². The summed E-state index contributed by atoms with van der Waals surface area (Å²) in [5.74, 6) is 0.148. The van der Waals surface area contributed by atoms with Crippen LogP contribution >= 0.6 is 0 Å². The number of aryl methyl sites for hydroxylation is 3. The van der Waals surface area contributed by atoms with Gasteiger partial charge in [0, 0.05) is 32.7 Å². The Labute approximate surface area is 145 Å². The van der Waals surface area contributed by atoms with Gasteiger partial charge in [0.05, 0.1) is 6.42 Å². The SMILES string of the molecule is CCCNC(=O)N1CCN(C(=O)Cc2cc(C)c(C)cc2C)CC1. The third-order valence-corrected chi connectivity index (χ3v) is 4.74. The monoisotopic (exact) mass is 331 g/mol. The number of urea groups is 1. The van der Waals surface area contributed by atoms with E-state index in [0.29, 0.717) is 39.1 Å². The van der Waals surface area contributed by atoms with E-state index >= 15 is 0 Å². The minimum atomic E-state index is -0.0195. The van der Waals surface area contributed by atoms with Gasteiger partial charge in [0.2, 0.25) is 5.91 Å². The van der Waals surface area contributed by atoms with Crippen molar-refractivity contribution < 1.29 is 9.59 Å². The van der Waals surface area contributed by atoms with Crippen LogP contribution in [0.5, 0.6) is 0 Å². The second-order valence-corrected chi connectivity index (χ2v) is 6.64. The molecule has 0 unspecified atom stereocenters. The minimum Gasteiger partial charge on any atom is -0.339 e. The number of nitrogens with one attached hydrogen (secondary N) is 1. The van der Waals surface area contributed by atoms with Gasteiger partial charge >= 0.3 is 6.03 Å². The molecule has 0 bridgehead atoms. The lowest BCUT2D eigenvalue weighted by Gasteiger charge is -2.35. The molecule has 1 fully saturated rings. The highest BCUT2D eigenvalue weighted by Gasteiger charge is 2.24. The van der Waals surface area contributed by atoms with E-state index in [1.165, 1.54) is 16.7 Å². The Kier molecular flexibility index (Phi) is 6.23. The molecule has 5 nitrogen and oxygen atoms in total. The van der Waals surface area contributed by atoms with Crippen LogP contribution in [-0.2, 0) is 11.2 Å². The highest BCUT2D eigenvalue weighted by molar-refractivity contribution is 5.80. The zero-order chi connectivity index (χ0) is 17.7. The fourth-order valence-corrected chi connectivity index (χ4v) is 2.99. The molecule has 2 rings (SSSR count). The molecule has 5 heteroatoms. The fourth-order valence-electron chi connectivity index (χ4n) is 2.99. The zero-order valence-electron chi connectivity index (χ0n) is 15.3. The van der Waals surface area contributed by atoms with Gasteiger partial charge in [0.1, 0.15) is 0 Å². The van der Waals surface area contributed by atoms with Gasteiger partial charge in [-0.1, -0.05) is 19.1 Å². The molecule has 1 aromatic rings. The topological polar surface area (TPSA) is 52.7 Å². The first-order valence-electron chi connectivity index (χ1n) is 8.79. The number of piperazine rings is 1. The summed E-state index contributed by atoms with van der Waals surface area (Å²) in [6.45, 7) is 11.4. The van der Waals surface area contributed by atoms with Gasteiger partial charge in [0.25, 0.3) is 0 Å². The first-order valence-corrected chi connectivity index (χ1v) is 8.79. The Morgan fingerprint density at radius 3 is 2.17 bits per heavy atom. The number of rotatable bonds is 4. The van der Waals surface area contributed by atoms with Crippen LogP contribution in [0.2, 0.25) is 0 Å². The van der Waals surface area contributed by atoms with E-state index in [1.807, 2.05) is 11.8 Å². The van der Waals surface area contributed by atoms with Gasteiger partial charge in [-0.15, -0.1) is 0 Å². The molecule has 0 spiro atoms. The first kappa shape index (κ1) is 18.3. The lowest BCUT2D eigenvalue weighted by atomic mass is 9.98. The quantitative estimate of drug-likeness (QED) is 0.921. The molecule has 0 aromatic heterocycles. The highest BCUT2D eigenvalue weighted by atomic mass is 16.2. The summed E-state index contributed by atoms with van der Waals surface area (Å²) in [5.41, 5.74) is 4.76. The second-order valence-electron chi connectivity index (χ2n) is 6.64. The average molecular weight is 331 g/mol. The predicted octanol–water partition coefficient (Wildman–Crippen LogP) is 2.42. The Bertz CT molecular complexity index is 605. The standard InChI is InChI=1S/C19H29N3O2/c1-5-6-20-19(24)22-9-7-21(8-10-22)18(23)13-17-12-15(3)14(2)11-16(17)4/h11-12H,5-10,13H2,1-4H3,(H,20,24). The van der Waals surface area contributed by atoms with Crippen molar-refractivity contribution in [3.8, 4) is 0 Å². The lowest BCUT2D eigenvalue weighted by molar-refractivity contribution is -0.131. The summed E-state index contributed by atoms with van der Waals surface area (Å²) >= 11 is 0. The Morgan fingerprint density at radius 2 is 1.54 bits per heavy atom. The third kappa shape index (κ3) is 4.49. The third-order valence-electron chi connectivity index (χ3n) is 4.74. The molecule has 1 aliphatic rings. The van der Waals surface area contributed by atoms with E-state index in [1.54, 1.807) is 4.90 Å². The maximum absolute atomic E-state index is 12.6. The summed E-state index contributed by atoms with van der Waals surface area (Å²) in [6, 6.07) is 4.25. The largest absolute Gasteiger partial charge is 0.339 e. The van der Waals surface area contributed by atoms with E-state index in [9.17, 15) is 9.59 Å². The molecule has 0 aliphatic carbocycles. The first-order chi connectivity index (χ1) is 11.4. The molecule has 24 heavy (non-hydrogen) atoms. The van der Waals surface area contributed by atoms with Crippen molar-refractivity contribution in [1.29, 1.82) is 0 Å². The Hall–Kier alpha value is -2.04. The Morgan fingerprint density at radius 1 is 0.958 bits per heavy atom.